The van der Waals surface area contributed by atoms with E-state index in [1.54, 1.807) is 19.1 Å². The molecule has 0 aliphatic carbocycles. The first-order valence-electron chi connectivity index (χ1n) is 3.11. The largest absolute Gasteiger partial charge is 0.295 e. The van der Waals surface area contributed by atoms with Crippen molar-refractivity contribution in [2.45, 2.75) is 13.3 Å². The number of carbonyl (C=O) groups is 1. The lowest BCUT2D eigenvalue weighted by molar-refractivity contribution is -0.115. The van der Waals surface area contributed by atoms with Gasteiger partial charge in [0.25, 0.3) is 0 Å². The summed E-state index contributed by atoms with van der Waals surface area (Å²) >= 11 is 5.37. The van der Waals surface area contributed by atoms with Crippen LogP contribution in [0.1, 0.15) is 13.3 Å². The molecule has 0 amide bonds. The van der Waals surface area contributed by atoms with E-state index in [1.807, 2.05) is 0 Å². The lowest BCUT2D eigenvalue weighted by atomic mass is 10.1. The number of ketones is 1. The fraction of sp³-hybridized carbons (Fsp3) is 0.375. The molecule has 56 valence electrons. The molecule has 0 rings (SSSR count). The molecule has 0 aliphatic rings. The molecular weight excluding hydrogens is 148 g/mol. The Morgan fingerprint density at radius 1 is 1.70 bits per heavy atom. The van der Waals surface area contributed by atoms with Crippen molar-refractivity contribution in [2.24, 2.45) is 0 Å². The minimum absolute atomic E-state index is 0.0925. The van der Waals surface area contributed by atoms with Gasteiger partial charge in [0.15, 0.2) is 5.78 Å². The average molecular weight is 159 g/mol. The smallest absolute Gasteiger partial charge is 0.159 e. The monoisotopic (exact) mass is 158 g/mol. The average Bonchev–Trinajstić information content (AvgIpc) is 1.89. The fourth-order valence-electron chi connectivity index (χ4n) is 0.553. The van der Waals surface area contributed by atoms with Crippen molar-refractivity contribution >= 4 is 17.4 Å². The Bertz CT molecular complexity index is 159. The number of allylic oxidation sites excluding steroid dienone is 3. The van der Waals surface area contributed by atoms with Gasteiger partial charge >= 0.3 is 0 Å². The number of Topliss-reactive ketones (excluding diaryl/α,β-unsaturated/α-hetero) is 1. The number of carbonyl (C=O) groups excluding carboxylic acids is 1. The summed E-state index contributed by atoms with van der Waals surface area (Å²) in [4.78, 5) is 10.9. The molecule has 0 aromatic rings. The predicted molar refractivity (Wildman–Crippen MR) is 44.3 cm³/mol. The zero-order chi connectivity index (χ0) is 7.98. The molecule has 2 heteroatoms. The maximum atomic E-state index is 10.9. The van der Waals surface area contributed by atoms with Gasteiger partial charge in [-0.25, -0.2) is 0 Å². The first-order chi connectivity index (χ1) is 4.72. The van der Waals surface area contributed by atoms with Crippen molar-refractivity contribution < 1.29 is 4.79 Å². The van der Waals surface area contributed by atoms with Crippen LogP contribution in [0, 0.1) is 0 Å². The molecule has 0 radical (unpaired) electrons. The second kappa shape index (κ2) is 5.24. The third kappa shape index (κ3) is 3.46. The van der Waals surface area contributed by atoms with Crippen LogP contribution < -0.4 is 0 Å². The zero-order valence-electron chi connectivity index (χ0n) is 6.06. The Balaban J connectivity index is 3.93. The molecule has 0 bridgehead atoms. The van der Waals surface area contributed by atoms with E-state index in [1.165, 1.54) is 0 Å². The standard InChI is InChI=1S/C8H11ClO/c1-3-4-7(2)8(10)5-6-9/h3-4H,1,5-6H2,2H3/b7-4+. The number of rotatable bonds is 4. The Morgan fingerprint density at radius 3 is 2.70 bits per heavy atom. The van der Waals surface area contributed by atoms with E-state index in [0.717, 1.165) is 5.57 Å². The molecule has 0 aliphatic heterocycles. The minimum Gasteiger partial charge on any atom is -0.295 e. The van der Waals surface area contributed by atoms with Gasteiger partial charge in [-0.3, -0.25) is 4.79 Å². The molecule has 0 aromatic heterocycles. The van der Waals surface area contributed by atoms with Crippen LogP contribution in [0.5, 0.6) is 0 Å². The van der Waals surface area contributed by atoms with Gasteiger partial charge in [-0.2, -0.15) is 0 Å². The van der Waals surface area contributed by atoms with Gasteiger partial charge in [0, 0.05) is 12.3 Å². The Hall–Kier alpha value is -0.560. The Kier molecular flexibility index (Phi) is 4.95. The molecular formula is C8H11ClO. The highest BCUT2D eigenvalue weighted by molar-refractivity contribution is 6.19. The topological polar surface area (TPSA) is 17.1 Å². The number of alkyl halides is 1. The highest BCUT2D eigenvalue weighted by atomic mass is 35.5. The van der Waals surface area contributed by atoms with E-state index in [0.29, 0.717) is 12.3 Å². The minimum atomic E-state index is 0.0925. The Labute approximate surface area is 66.4 Å². The second-order valence-electron chi connectivity index (χ2n) is 1.95. The van der Waals surface area contributed by atoms with E-state index in [9.17, 15) is 4.79 Å². The van der Waals surface area contributed by atoms with Gasteiger partial charge in [-0.15, -0.1) is 11.6 Å². The van der Waals surface area contributed by atoms with Crippen LogP contribution in [0.4, 0.5) is 0 Å². The highest BCUT2D eigenvalue weighted by Crippen LogP contribution is 1.99. The van der Waals surface area contributed by atoms with Crippen molar-refractivity contribution in [1.29, 1.82) is 0 Å². The molecule has 0 spiro atoms. The summed E-state index contributed by atoms with van der Waals surface area (Å²) in [5.41, 5.74) is 0.718. The van der Waals surface area contributed by atoms with Gasteiger partial charge in [0.05, 0.1) is 0 Å². The molecule has 0 N–H and O–H groups in total. The summed E-state index contributed by atoms with van der Waals surface area (Å²) in [6, 6.07) is 0. The first kappa shape index (κ1) is 9.44. The maximum absolute atomic E-state index is 10.9. The molecule has 0 atom stereocenters. The normalized spacial score (nSPS) is 11.2. The molecule has 0 heterocycles. The van der Waals surface area contributed by atoms with Crippen molar-refractivity contribution in [1.82, 2.24) is 0 Å². The van der Waals surface area contributed by atoms with Crippen molar-refractivity contribution in [3.05, 3.63) is 24.3 Å². The lowest BCUT2D eigenvalue weighted by Gasteiger charge is -1.94. The van der Waals surface area contributed by atoms with Crippen LogP contribution in [0.2, 0.25) is 0 Å². The Morgan fingerprint density at radius 2 is 2.30 bits per heavy atom. The van der Waals surface area contributed by atoms with Crippen molar-refractivity contribution in [3.63, 3.8) is 0 Å². The van der Waals surface area contributed by atoms with Crippen LogP contribution in [0.3, 0.4) is 0 Å². The summed E-state index contributed by atoms with van der Waals surface area (Å²) in [6.07, 6.45) is 3.70. The summed E-state index contributed by atoms with van der Waals surface area (Å²) in [6.45, 7) is 5.24. The molecule has 0 fully saturated rings. The fourth-order valence-corrected chi connectivity index (χ4v) is 0.724. The summed E-state index contributed by atoms with van der Waals surface area (Å²) in [5, 5.41) is 0. The van der Waals surface area contributed by atoms with E-state index in [-0.39, 0.29) is 5.78 Å². The number of hydrogen-bond donors (Lipinski definition) is 0. The second-order valence-corrected chi connectivity index (χ2v) is 2.33. The molecule has 0 aromatic carbocycles. The van der Waals surface area contributed by atoms with Gasteiger partial charge in [0.1, 0.15) is 0 Å². The number of hydrogen-bond acceptors (Lipinski definition) is 1. The SMILES string of the molecule is C=C/C=C(\C)C(=O)CCCl. The van der Waals surface area contributed by atoms with Crippen molar-refractivity contribution in [3.8, 4) is 0 Å². The maximum Gasteiger partial charge on any atom is 0.159 e. The summed E-state index contributed by atoms with van der Waals surface area (Å²) in [7, 11) is 0. The summed E-state index contributed by atoms with van der Waals surface area (Å²) in [5.74, 6) is 0.483. The van der Waals surface area contributed by atoms with Gasteiger partial charge in [-0.1, -0.05) is 18.7 Å². The first-order valence-corrected chi connectivity index (χ1v) is 3.64. The highest BCUT2D eigenvalue weighted by Gasteiger charge is 2.00. The third-order valence-corrected chi connectivity index (χ3v) is 1.32. The van der Waals surface area contributed by atoms with E-state index < -0.39 is 0 Å². The van der Waals surface area contributed by atoms with Crippen LogP contribution in [0.15, 0.2) is 24.3 Å². The van der Waals surface area contributed by atoms with Gasteiger partial charge in [0.2, 0.25) is 0 Å². The summed E-state index contributed by atoms with van der Waals surface area (Å²) < 4.78 is 0. The third-order valence-electron chi connectivity index (χ3n) is 1.13. The zero-order valence-corrected chi connectivity index (χ0v) is 6.82. The van der Waals surface area contributed by atoms with E-state index in [4.69, 9.17) is 11.6 Å². The predicted octanol–water partition coefficient (Wildman–Crippen LogP) is 2.32. The molecule has 0 unspecified atom stereocenters. The quantitative estimate of drug-likeness (QED) is 0.349. The van der Waals surface area contributed by atoms with Crippen LogP contribution in [-0.2, 0) is 4.79 Å². The van der Waals surface area contributed by atoms with Crippen LogP contribution >= 0.6 is 11.6 Å². The van der Waals surface area contributed by atoms with Gasteiger partial charge in [-0.05, 0) is 12.5 Å². The molecule has 0 saturated carbocycles. The van der Waals surface area contributed by atoms with Crippen LogP contribution in [0.25, 0.3) is 0 Å². The number of halogens is 1. The van der Waals surface area contributed by atoms with Crippen LogP contribution in [-0.4, -0.2) is 11.7 Å². The lowest BCUT2D eigenvalue weighted by Crippen LogP contribution is -1.99. The van der Waals surface area contributed by atoms with E-state index >= 15 is 0 Å². The van der Waals surface area contributed by atoms with E-state index in [2.05, 4.69) is 6.58 Å². The molecule has 1 nitrogen and oxygen atoms in total. The van der Waals surface area contributed by atoms with Crippen molar-refractivity contribution in [2.75, 3.05) is 5.88 Å². The van der Waals surface area contributed by atoms with Gasteiger partial charge < -0.3 is 0 Å². The molecule has 10 heavy (non-hydrogen) atoms. The molecule has 0 saturated heterocycles.